The van der Waals surface area contributed by atoms with E-state index in [1.165, 1.54) is 0 Å². The van der Waals surface area contributed by atoms with Crippen molar-refractivity contribution in [2.75, 3.05) is 0 Å². The highest BCUT2D eigenvalue weighted by atomic mass is 16.6. The van der Waals surface area contributed by atoms with Crippen molar-refractivity contribution in [1.82, 2.24) is 0 Å². The van der Waals surface area contributed by atoms with E-state index < -0.39 is 90.9 Å². The smallest absolute Gasteiger partial charge is 0.318 e. The third-order valence-electron chi connectivity index (χ3n) is 4.57. The van der Waals surface area contributed by atoms with Crippen LogP contribution in [0.5, 0.6) is 11.5 Å². The van der Waals surface area contributed by atoms with Crippen molar-refractivity contribution in [1.29, 1.82) is 0 Å². The average molecular weight is 492 g/mol. The van der Waals surface area contributed by atoms with Crippen molar-refractivity contribution in [2.45, 2.75) is 25.0 Å². The summed E-state index contributed by atoms with van der Waals surface area (Å²) in [6.07, 6.45) is -2.49. The van der Waals surface area contributed by atoms with Crippen LogP contribution in [-0.2, 0) is 14.3 Å². The number of nitrogens with zero attached hydrogens (tertiary/aromatic N) is 4. The second-order valence-electron chi connectivity index (χ2n) is 6.90. The molecule has 35 heavy (non-hydrogen) atoms. The van der Waals surface area contributed by atoms with Crippen molar-refractivity contribution in [2.24, 2.45) is 0 Å². The monoisotopic (exact) mass is 492 g/mol. The van der Waals surface area contributed by atoms with Crippen molar-refractivity contribution in [3.05, 3.63) is 76.9 Å². The Kier molecular flexibility index (Phi) is 6.90. The van der Waals surface area contributed by atoms with Gasteiger partial charge in [0.1, 0.15) is 0 Å². The van der Waals surface area contributed by atoms with E-state index >= 15 is 0 Å². The number of epoxide rings is 1. The van der Waals surface area contributed by atoms with Crippen molar-refractivity contribution >= 4 is 34.7 Å². The summed E-state index contributed by atoms with van der Waals surface area (Å²) in [5.41, 5.74) is -2.74. The first-order valence-electron chi connectivity index (χ1n) is 9.38. The minimum atomic E-state index is -0.978. The fourth-order valence-corrected chi connectivity index (χ4v) is 2.89. The normalized spacial score (nSPS) is 16.1. The molecule has 17 nitrogen and oxygen atoms in total. The van der Waals surface area contributed by atoms with Gasteiger partial charge in [0.25, 0.3) is 11.4 Å². The Balaban J connectivity index is 1.56. The Morgan fingerprint density at radius 1 is 0.686 bits per heavy atom. The number of carbonyl (C=O) groups is 2. The highest BCUT2D eigenvalue weighted by molar-refractivity contribution is 5.77. The van der Waals surface area contributed by atoms with Gasteiger partial charge in [0.15, 0.2) is 0 Å². The van der Waals surface area contributed by atoms with Gasteiger partial charge in [-0.05, 0) is 12.1 Å². The highest BCUT2D eigenvalue weighted by Crippen LogP contribution is 2.35. The number of carbonyl (C=O) groups excluding carboxylic acids is 2. The van der Waals surface area contributed by atoms with Gasteiger partial charge in [-0.1, -0.05) is 0 Å². The lowest BCUT2D eigenvalue weighted by Crippen LogP contribution is -2.16. The Hall–Kier alpha value is -5.06. The van der Waals surface area contributed by atoms with Crippen molar-refractivity contribution in [3.63, 3.8) is 0 Å². The molecule has 1 aliphatic rings. The maximum Gasteiger partial charge on any atom is 0.318 e. The molecule has 0 saturated carbocycles. The molecule has 1 aliphatic heterocycles. The van der Waals surface area contributed by atoms with Crippen LogP contribution in [0.2, 0.25) is 0 Å². The molecule has 0 radical (unpaired) electrons. The first-order chi connectivity index (χ1) is 16.5. The Morgan fingerprint density at radius 2 is 1.06 bits per heavy atom. The summed E-state index contributed by atoms with van der Waals surface area (Å²) in [4.78, 5) is 64.2. The standard InChI is InChI=1S/C18H12N4O13/c23-17(34-13-3-1-9(19(25)26)5-11(13)21(29)30)7-15-16(33-15)8-18(24)35-14-4-2-10(20(27)28)6-12(14)22(31)32/h1-6,15-16H,7-8H2. The van der Waals surface area contributed by atoms with Crippen LogP contribution in [0.3, 0.4) is 0 Å². The lowest BCUT2D eigenvalue weighted by Gasteiger charge is -2.05. The van der Waals surface area contributed by atoms with Gasteiger partial charge in [0.2, 0.25) is 11.5 Å². The van der Waals surface area contributed by atoms with Crippen LogP contribution in [0.25, 0.3) is 0 Å². The maximum atomic E-state index is 12.1. The minimum absolute atomic E-state index is 0.427. The molecular weight excluding hydrogens is 480 g/mol. The molecule has 182 valence electrons. The molecule has 2 unspecified atom stereocenters. The SMILES string of the molecule is O=C(CC1OC1CC(=O)Oc1ccc([N+](=O)[O-])cc1[N+](=O)[O-])Oc1ccc([N+](=O)[O-])cc1[N+](=O)[O-]. The van der Waals surface area contributed by atoms with E-state index in [1.54, 1.807) is 0 Å². The maximum absolute atomic E-state index is 12.1. The lowest BCUT2D eigenvalue weighted by molar-refractivity contribution is -0.394. The molecule has 0 N–H and O–H groups in total. The first kappa shape index (κ1) is 24.6. The van der Waals surface area contributed by atoms with Gasteiger partial charge in [-0.15, -0.1) is 0 Å². The molecule has 17 heteroatoms. The zero-order valence-corrected chi connectivity index (χ0v) is 17.1. The summed E-state index contributed by atoms with van der Waals surface area (Å²) in [5, 5.41) is 43.7. The van der Waals surface area contributed by atoms with Crippen LogP contribution in [0.1, 0.15) is 12.8 Å². The summed E-state index contributed by atoms with van der Waals surface area (Å²) < 4.78 is 14.9. The zero-order valence-electron chi connectivity index (χ0n) is 17.1. The van der Waals surface area contributed by atoms with E-state index in [4.69, 9.17) is 14.2 Å². The van der Waals surface area contributed by atoms with Gasteiger partial charge in [0, 0.05) is 12.1 Å². The van der Waals surface area contributed by atoms with Gasteiger partial charge >= 0.3 is 23.3 Å². The molecule has 0 bridgehead atoms. The summed E-state index contributed by atoms with van der Waals surface area (Å²) >= 11 is 0. The number of non-ortho nitro benzene ring substituents is 2. The lowest BCUT2D eigenvalue weighted by atomic mass is 10.2. The van der Waals surface area contributed by atoms with E-state index in [-0.39, 0.29) is 0 Å². The predicted molar refractivity (Wildman–Crippen MR) is 109 cm³/mol. The van der Waals surface area contributed by atoms with Crippen LogP contribution in [0.4, 0.5) is 22.7 Å². The van der Waals surface area contributed by atoms with Gasteiger partial charge in [-0.2, -0.15) is 0 Å². The number of ether oxygens (including phenoxy) is 3. The second-order valence-corrected chi connectivity index (χ2v) is 6.90. The predicted octanol–water partition coefficient (Wildman–Crippen LogP) is 2.38. The van der Waals surface area contributed by atoms with Gasteiger partial charge in [-0.3, -0.25) is 50.0 Å². The molecule has 1 fully saturated rings. The van der Waals surface area contributed by atoms with Gasteiger partial charge in [-0.25, -0.2) is 0 Å². The van der Waals surface area contributed by atoms with Crippen LogP contribution < -0.4 is 9.47 Å². The highest BCUT2D eigenvalue weighted by Gasteiger charge is 2.43. The van der Waals surface area contributed by atoms with Crippen LogP contribution >= 0.6 is 0 Å². The molecule has 2 aromatic carbocycles. The summed E-state index contributed by atoms with van der Waals surface area (Å²) in [6, 6.07) is 4.89. The molecule has 3 rings (SSSR count). The molecule has 1 heterocycles. The van der Waals surface area contributed by atoms with Crippen LogP contribution in [0, 0.1) is 40.5 Å². The van der Waals surface area contributed by atoms with Crippen LogP contribution in [0.15, 0.2) is 36.4 Å². The number of rotatable bonds is 10. The summed E-state index contributed by atoms with van der Waals surface area (Å²) in [6.45, 7) is 0. The topological polar surface area (TPSA) is 238 Å². The number of benzene rings is 2. The molecule has 2 aromatic rings. The van der Waals surface area contributed by atoms with Crippen molar-refractivity contribution < 1.29 is 43.5 Å². The molecular formula is C18H12N4O13. The van der Waals surface area contributed by atoms with Crippen molar-refractivity contribution in [3.8, 4) is 11.5 Å². The number of nitro groups is 4. The van der Waals surface area contributed by atoms with Gasteiger partial charge < -0.3 is 14.2 Å². The average Bonchev–Trinajstić information content (AvgIpc) is 3.49. The van der Waals surface area contributed by atoms with Gasteiger partial charge in [0.05, 0.1) is 56.9 Å². The Bertz CT molecular complexity index is 1170. The Labute approximate surface area is 192 Å². The quantitative estimate of drug-likeness (QED) is 0.152. The molecule has 1 saturated heterocycles. The summed E-state index contributed by atoms with van der Waals surface area (Å²) in [7, 11) is 0. The molecule has 0 aliphatic carbocycles. The second kappa shape index (κ2) is 9.83. The van der Waals surface area contributed by atoms with E-state index in [0.29, 0.717) is 12.1 Å². The number of hydrogen-bond donors (Lipinski definition) is 0. The number of hydrogen-bond acceptors (Lipinski definition) is 13. The number of nitro benzene ring substituents is 4. The van der Waals surface area contributed by atoms with E-state index in [9.17, 15) is 50.0 Å². The third kappa shape index (κ3) is 6.05. The van der Waals surface area contributed by atoms with E-state index in [1.807, 2.05) is 0 Å². The third-order valence-corrected chi connectivity index (χ3v) is 4.57. The molecule has 0 aromatic heterocycles. The van der Waals surface area contributed by atoms with E-state index in [2.05, 4.69) is 0 Å². The fourth-order valence-electron chi connectivity index (χ4n) is 2.89. The molecule has 2 atom stereocenters. The Morgan fingerprint density at radius 3 is 1.37 bits per heavy atom. The minimum Gasteiger partial charge on any atom is -0.419 e. The zero-order chi connectivity index (χ0) is 25.9. The largest absolute Gasteiger partial charge is 0.419 e. The summed E-state index contributed by atoms with van der Waals surface area (Å²) in [5.74, 6) is -3.00. The molecule has 0 spiro atoms. The van der Waals surface area contributed by atoms with Crippen LogP contribution in [-0.4, -0.2) is 43.8 Å². The molecule has 0 amide bonds. The van der Waals surface area contributed by atoms with E-state index in [0.717, 1.165) is 24.3 Å². The number of esters is 2. The first-order valence-corrected chi connectivity index (χ1v) is 9.38. The fraction of sp³-hybridized carbons (Fsp3) is 0.222.